The van der Waals surface area contributed by atoms with Crippen molar-refractivity contribution in [2.45, 2.75) is 25.3 Å². The zero-order valence-corrected chi connectivity index (χ0v) is 6.72. The zero-order chi connectivity index (χ0) is 7.68. The van der Waals surface area contributed by atoms with Crippen molar-refractivity contribution in [3.63, 3.8) is 0 Å². The van der Waals surface area contributed by atoms with Crippen molar-refractivity contribution in [1.82, 2.24) is 0 Å². The molecule has 0 spiro atoms. The average Bonchev–Trinajstić information content (AvgIpc) is 2.04. The Balaban J connectivity index is 2.34. The molecule has 0 unspecified atom stereocenters. The number of fused-ring (bicyclic) bond motifs is 1. The van der Waals surface area contributed by atoms with Crippen LogP contribution in [0.15, 0.2) is 24.3 Å². The molecule has 0 aliphatic heterocycles. The van der Waals surface area contributed by atoms with Crippen LogP contribution in [-0.4, -0.2) is 6.04 Å². The van der Waals surface area contributed by atoms with Crippen molar-refractivity contribution in [2.24, 2.45) is 0 Å². The molecule has 0 radical (unpaired) electrons. The lowest BCUT2D eigenvalue weighted by atomic mass is 9.89. The molecule has 3 N–H and O–H groups in total. The summed E-state index contributed by atoms with van der Waals surface area (Å²) in [4.78, 5) is 0. The minimum atomic E-state index is 0.643. The number of aryl methyl sites for hydroxylation is 1. The molecule has 1 aliphatic carbocycles. The molecule has 1 aromatic carbocycles. The largest absolute Gasteiger partial charge is 0.355 e. The van der Waals surface area contributed by atoms with Gasteiger partial charge in [-0.3, -0.25) is 0 Å². The van der Waals surface area contributed by atoms with E-state index in [1.807, 2.05) is 0 Å². The van der Waals surface area contributed by atoms with Gasteiger partial charge in [0.25, 0.3) is 0 Å². The van der Waals surface area contributed by atoms with E-state index in [2.05, 4.69) is 30.0 Å². The highest BCUT2D eigenvalue weighted by Crippen LogP contribution is 2.18. The number of rotatable bonds is 0. The molecule has 58 valence electrons. The summed E-state index contributed by atoms with van der Waals surface area (Å²) in [7, 11) is 0. The predicted molar refractivity (Wildman–Crippen MR) is 45.1 cm³/mol. The van der Waals surface area contributed by atoms with Crippen LogP contribution in [0.5, 0.6) is 0 Å². The second-order valence-corrected chi connectivity index (χ2v) is 3.38. The van der Waals surface area contributed by atoms with Gasteiger partial charge < -0.3 is 5.73 Å². The van der Waals surface area contributed by atoms with Crippen molar-refractivity contribution in [1.29, 1.82) is 0 Å². The lowest BCUT2D eigenvalue weighted by Crippen LogP contribution is -2.62. The Morgan fingerprint density at radius 1 is 1.18 bits per heavy atom. The maximum Gasteiger partial charge on any atom is 0.0887 e. The molecule has 0 bridgehead atoms. The Labute approximate surface area is 67.2 Å². The van der Waals surface area contributed by atoms with Crippen molar-refractivity contribution in [2.75, 3.05) is 0 Å². The summed E-state index contributed by atoms with van der Waals surface area (Å²) in [6, 6.07) is 9.36. The van der Waals surface area contributed by atoms with Crippen LogP contribution in [0, 0.1) is 0 Å². The summed E-state index contributed by atoms with van der Waals surface area (Å²) >= 11 is 0. The molecule has 1 aromatic rings. The number of hydrogen-bond donors (Lipinski definition) is 1. The second-order valence-electron chi connectivity index (χ2n) is 3.38. The van der Waals surface area contributed by atoms with E-state index in [1.54, 1.807) is 0 Å². The molecular weight excluding hydrogens is 134 g/mol. The first-order valence-corrected chi connectivity index (χ1v) is 4.26. The highest BCUT2D eigenvalue weighted by molar-refractivity contribution is 5.29. The molecule has 1 heteroatoms. The lowest BCUT2D eigenvalue weighted by Gasteiger charge is -2.18. The third-order valence-electron chi connectivity index (χ3n) is 2.45. The van der Waals surface area contributed by atoms with Gasteiger partial charge in [0.05, 0.1) is 6.04 Å². The first kappa shape index (κ1) is 6.86. The molecule has 11 heavy (non-hydrogen) atoms. The molecule has 0 fully saturated rings. The fourth-order valence-corrected chi connectivity index (χ4v) is 1.77. The summed E-state index contributed by atoms with van der Waals surface area (Å²) in [5, 5.41) is 0. The molecule has 0 heterocycles. The molecule has 0 saturated carbocycles. The highest BCUT2D eigenvalue weighted by atomic mass is 14.6. The topological polar surface area (TPSA) is 27.6 Å². The van der Waals surface area contributed by atoms with Crippen LogP contribution in [0.3, 0.4) is 0 Å². The van der Waals surface area contributed by atoms with Gasteiger partial charge in [-0.05, 0) is 17.5 Å². The van der Waals surface area contributed by atoms with E-state index < -0.39 is 0 Å². The fourth-order valence-electron chi connectivity index (χ4n) is 1.77. The highest BCUT2D eigenvalue weighted by Gasteiger charge is 2.16. The van der Waals surface area contributed by atoms with E-state index in [4.69, 9.17) is 0 Å². The van der Waals surface area contributed by atoms with Crippen LogP contribution in [0.25, 0.3) is 0 Å². The van der Waals surface area contributed by atoms with E-state index in [-0.39, 0.29) is 0 Å². The zero-order valence-electron chi connectivity index (χ0n) is 6.72. The number of benzene rings is 1. The van der Waals surface area contributed by atoms with Gasteiger partial charge in [-0.1, -0.05) is 24.3 Å². The van der Waals surface area contributed by atoms with E-state index >= 15 is 0 Å². The first-order chi connectivity index (χ1) is 5.36. The molecule has 0 amide bonds. The van der Waals surface area contributed by atoms with Crippen molar-refractivity contribution >= 4 is 0 Å². The van der Waals surface area contributed by atoms with E-state index in [9.17, 15) is 0 Å². The quantitative estimate of drug-likeness (QED) is 0.563. The van der Waals surface area contributed by atoms with Gasteiger partial charge in [-0.15, -0.1) is 0 Å². The Morgan fingerprint density at radius 2 is 1.91 bits per heavy atom. The summed E-state index contributed by atoms with van der Waals surface area (Å²) < 4.78 is 0. The summed E-state index contributed by atoms with van der Waals surface area (Å²) in [5.74, 6) is 0. The fraction of sp³-hybridized carbons (Fsp3) is 0.400. The van der Waals surface area contributed by atoms with Gasteiger partial charge in [0.2, 0.25) is 0 Å². The van der Waals surface area contributed by atoms with Crippen LogP contribution in [0.4, 0.5) is 0 Å². The molecule has 0 aromatic heterocycles. The normalized spacial score (nSPS) is 22.8. The van der Waals surface area contributed by atoms with Crippen molar-refractivity contribution in [3.05, 3.63) is 35.4 Å². The Bertz CT molecular complexity index is 255. The molecule has 1 atom stereocenters. The Hall–Kier alpha value is -0.820. The number of quaternary nitrogens is 1. The molecular formula is C10H14N+. The van der Waals surface area contributed by atoms with Crippen LogP contribution < -0.4 is 5.73 Å². The minimum absolute atomic E-state index is 0.643. The average molecular weight is 148 g/mol. The van der Waals surface area contributed by atoms with Gasteiger partial charge in [0.15, 0.2) is 0 Å². The second kappa shape index (κ2) is 2.67. The van der Waals surface area contributed by atoms with E-state index in [0.717, 1.165) is 0 Å². The third-order valence-corrected chi connectivity index (χ3v) is 2.45. The lowest BCUT2D eigenvalue weighted by molar-refractivity contribution is -0.421. The Morgan fingerprint density at radius 3 is 2.73 bits per heavy atom. The smallest absolute Gasteiger partial charge is 0.0887 e. The van der Waals surface area contributed by atoms with Gasteiger partial charge in [-0.2, -0.15) is 0 Å². The summed E-state index contributed by atoms with van der Waals surface area (Å²) in [6.45, 7) is 0. The molecule has 1 aliphatic rings. The van der Waals surface area contributed by atoms with Crippen molar-refractivity contribution < 1.29 is 5.73 Å². The Kier molecular flexibility index (Phi) is 1.66. The van der Waals surface area contributed by atoms with Gasteiger partial charge in [-0.25, -0.2) is 0 Å². The summed E-state index contributed by atoms with van der Waals surface area (Å²) in [5.41, 5.74) is 7.14. The first-order valence-electron chi connectivity index (χ1n) is 4.26. The van der Waals surface area contributed by atoms with Gasteiger partial charge >= 0.3 is 0 Å². The van der Waals surface area contributed by atoms with Crippen LogP contribution in [0.1, 0.15) is 17.5 Å². The maximum absolute atomic E-state index is 4.10. The molecule has 1 nitrogen and oxygen atoms in total. The van der Waals surface area contributed by atoms with Crippen molar-refractivity contribution in [3.8, 4) is 0 Å². The van der Waals surface area contributed by atoms with Crippen LogP contribution in [0.2, 0.25) is 0 Å². The number of hydrogen-bond acceptors (Lipinski definition) is 0. The minimum Gasteiger partial charge on any atom is -0.355 e. The monoisotopic (exact) mass is 148 g/mol. The maximum atomic E-state index is 4.10. The third kappa shape index (κ3) is 1.29. The van der Waals surface area contributed by atoms with Gasteiger partial charge in [0.1, 0.15) is 0 Å². The molecule has 0 saturated heterocycles. The standard InChI is InChI=1S/C10H13N/c11-10-6-5-8-3-1-2-4-9(8)7-10/h1-4,10H,5-7,11H2/p+1/t10-/m0/s1. The van der Waals surface area contributed by atoms with Crippen LogP contribution >= 0.6 is 0 Å². The van der Waals surface area contributed by atoms with Gasteiger partial charge in [0, 0.05) is 12.8 Å². The van der Waals surface area contributed by atoms with E-state index in [1.165, 1.54) is 30.4 Å². The SMILES string of the molecule is [NH3+][C@H]1CCc2ccccc2C1. The summed E-state index contributed by atoms with van der Waals surface area (Å²) in [6.07, 6.45) is 3.66. The van der Waals surface area contributed by atoms with E-state index in [0.29, 0.717) is 6.04 Å². The molecule has 2 rings (SSSR count). The predicted octanol–water partition coefficient (Wildman–Crippen LogP) is 0.786. The van der Waals surface area contributed by atoms with Crippen LogP contribution in [-0.2, 0) is 12.8 Å².